The summed E-state index contributed by atoms with van der Waals surface area (Å²) in [5, 5.41) is 21.7. The van der Waals surface area contributed by atoms with Gasteiger partial charge in [0.15, 0.2) is 0 Å². The van der Waals surface area contributed by atoms with Crippen LogP contribution >= 0.6 is 0 Å². The molecule has 0 saturated heterocycles. The van der Waals surface area contributed by atoms with Crippen LogP contribution in [0.2, 0.25) is 0 Å². The Bertz CT molecular complexity index is 842. The zero-order valence-corrected chi connectivity index (χ0v) is 25.5. The highest BCUT2D eigenvalue weighted by Crippen LogP contribution is 2.72. The van der Waals surface area contributed by atoms with Gasteiger partial charge in [0.25, 0.3) is 0 Å². The van der Waals surface area contributed by atoms with Crippen LogP contribution in [0.1, 0.15) is 120 Å². The topological polar surface area (TPSA) is 58.9 Å². The van der Waals surface area contributed by atoms with Crippen molar-refractivity contribution in [3.63, 3.8) is 0 Å². The molecule has 4 rings (SSSR count). The van der Waals surface area contributed by atoms with Crippen molar-refractivity contribution in [2.24, 2.45) is 39.9 Å². The molecule has 4 aliphatic carbocycles. The first-order valence-electron chi connectivity index (χ1n) is 15.4. The molecular formula is C33H58O4. The molecule has 0 bridgehead atoms. The van der Waals surface area contributed by atoms with Crippen LogP contribution in [0.5, 0.6) is 0 Å². The van der Waals surface area contributed by atoms with Gasteiger partial charge >= 0.3 is 0 Å². The van der Waals surface area contributed by atoms with Gasteiger partial charge < -0.3 is 19.7 Å². The van der Waals surface area contributed by atoms with Gasteiger partial charge in [-0.3, -0.25) is 0 Å². The predicted octanol–water partition coefficient (Wildman–Crippen LogP) is 7.31. The Morgan fingerprint density at radius 3 is 2.35 bits per heavy atom. The van der Waals surface area contributed by atoms with Gasteiger partial charge in [-0.15, -0.1) is 0 Å². The third-order valence-corrected chi connectivity index (χ3v) is 12.1. The highest BCUT2D eigenvalue weighted by Gasteiger charge is 2.64. The van der Waals surface area contributed by atoms with E-state index in [-0.39, 0.29) is 17.1 Å². The number of rotatable bonds is 9. The Morgan fingerprint density at radius 2 is 1.70 bits per heavy atom. The Morgan fingerprint density at radius 1 is 1.00 bits per heavy atom. The fourth-order valence-corrected chi connectivity index (χ4v) is 9.94. The summed E-state index contributed by atoms with van der Waals surface area (Å²) in [4.78, 5) is 0. The number of hydrogen-bond acceptors (Lipinski definition) is 4. The van der Waals surface area contributed by atoms with Crippen LogP contribution in [-0.2, 0) is 9.47 Å². The van der Waals surface area contributed by atoms with Crippen LogP contribution in [0.4, 0.5) is 0 Å². The first kappa shape index (κ1) is 29.6. The molecule has 4 aliphatic rings. The lowest BCUT2D eigenvalue weighted by Gasteiger charge is -2.64. The first-order chi connectivity index (χ1) is 17.1. The van der Waals surface area contributed by atoms with Crippen molar-refractivity contribution in [1.82, 2.24) is 0 Å². The average molecular weight is 519 g/mol. The van der Waals surface area contributed by atoms with E-state index in [1.807, 2.05) is 27.7 Å². The Kier molecular flexibility index (Phi) is 8.15. The fourth-order valence-electron chi connectivity index (χ4n) is 9.94. The van der Waals surface area contributed by atoms with Gasteiger partial charge in [-0.25, -0.2) is 0 Å². The molecule has 0 aromatic heterocycles. The van der Waals surface area contributed by atoms with E-state index in [9.17, 15) is 10.2 Å². The third-order valence-electron chi connectivity index (χ3n) is 12.1. The van der Waals surface area contributed by atoms with Gasteiger partial charge in [0.1, 0.15) is 6.10 Å². The molecule has 0 heterocycles. The summed E-state index contributed by atoms with van der Waals surface area (Å²) >= 11 is 0. The summed E-state index contributed by atoms with van der Waals surface area (Å²) in [7, 11) is 1.73. The summed E-state index contributed by atoms with van der Waals surface area (Å²) < 4.78 is 11.8. The van der Waals surface area contributed by atoms with E-state index < -0.39 is 11.7 Å². The van der Waals surface area contributed by atoms with Gasteiger partial charge in [0.2, 0.25) is 0 Å². The number of methoxy groups -OCH3 is 1. The van der Waals surface area contributed by atoms with Gasteiger partial charge in [-0.2, -0.15) is 0 Å². The number of fused-ring (bicyclic) bond motifs is 5. The summed E-state index contributed by atoms with van der Waals surface area (Å²) in [6.07, 6.45) is 13.5. The maximum Gasteiger partial charge on any atom is 0.102 e. The molecule has 0 amide bonds. The van der Waals surface area contributed by atoms with E-state index >= 15 is 0 Å². The Labute approximate surface area is 228 Å². The molecule has 0 unspecified atom stereocenters. The Hall–Kier alpha value is -0.420. The smallest absolute Gasteiger partial charge is 0.102 e. The monoisotopic (exact) mass is 518 g/mol. The molecule has 9 atom stereocenters. The molecule has 0 radical (unpaired) electrons. The first-order valence-corrected chi connectivity index (χ1v) is 15.4. The zero-order valence-electron chi connectivity index (χ0n) is 25.5. The number of ether oxygens (including phenoxy) is 2. The van der Waals surface area contributed by atoms with Crippen LogP contribution in [0.3, 0.4) is 0 Å². The highest BCUT2D eigenvalue weighted by molar-refractivity contribution is 5.31. The minimum absolute atomic E-state index is 0.0702. The van der Waals surface area contributed by atoms with Gasteiger partial charge in [-0.1, -0.05) is 46.6 Å². The van der Waals surface area contributed by atoms with E-state index in [0.29, 0.717) is 29.3 Å². The van der Waals surface area contributed by atoms with E-state index in [4.69, 9.17) is 9.47 Å². The van der Waals surface area contributed by atoms with Crippen LogP contribution < -0.4 is 0 Å². The lowest BCUT2D eigenvalue weighted by Crippen LogP contribution is -2.58. The van der Waals surface area contributed by atoms with Crippen molar-refractivity contribution < 1.29 is 19.7 Å². The summed E-state index contributed by atoms with van der Waals surface area (Å²) in [6, 6.07) is 0. The number of hydrogen-bond donors (Lipinski definition) is 2. The standard InChI is InChI=1S/C33H58O4/c1-22(11-10-17-29(2,3)35)23-12-13-26-31(23,6)20-16-27-32(7)19-15-25(37-21-30(4,5)36-9)28(34)24(32)14-18-33(26,27)8/h14,22-23,25-28,34-35H,10-13,15-21H2,1-9H3/t22-,23-,25+,26-,27-,28-,31-,32+,33+/m1/s1. The molecule has 37 heavy (non-hydrogen) atoms. The molecule has 3 saturated carbocycles. The SMILES string of the molecule is COC(C)(C)CO[C@H]1CC[C@@]2(C)C(=CC[C@@]3(C)[C@@H]4CC[C@H]([C@H](C)CCCC(C)(C)O)[C@@]4(C)CC[C@@H]32)[C@H]1O. The number of aliphatic hydroxyl groups is 2. The van der Waals surface area contributed by atoms with Gasteiger partial charge in [0, 0.05) is 7.11 Å². The van der Waals surface area contributed by atoms with Gasteiger partial charge in [0.05, 0.1) is 23.9 Å². The quantitative estimate of drug-likeness (QED) is 0.314. The maximum atomic E-state index is 11.5. The van der Waals surface area contributed by atoms with E-state index in [0.717, 1.165) is 43.9 Å². The summed E-state index contributed by atoms with van der Waals surface area (Å²) in [5.41, 5.74) is 1.16. The van der Waals surface area contributed by atoms with Crippen molar-refractivity contribution in [1.29, 1.82) is 0 Å². The molecule has 0 aliphatic heterocycles. The zero-order chi connectivity index (χ0) is 27.4. The third kappa shape index (κ3) is 5.35. The van der Waals surface area contributed by atoms with E-state index in [1.165, 1.54) is 37.7 Å². The van der Waals surface area contributed by atoms with E-state index in [2.05, 4.69) is 33.8 Å². The molecule has 4 nitrogen and oxygen atoms in total. The van der Waals surface area contributed by atoms with Crippen molar-refractivity contribution in [3.05, 3.63) is 11.6 Å². The van der Waals surface area contributed by atoms with Gasteiger partial charge in [-0.05, 0) is 125 Å². The normalized spacial score (nSPS) is 43.0. The second-order valence-corrected chi connectivity index (χ2v) is 15.6. The largest absolute Gasteiger partial charge is 0.390 e. The second kappa shape index (κ2) is 10.2. The molecule has 4 heteroatoms. The second-order valence-electron chi connectivity index (χ2n) is 15.6. The maximum absolute atomic E-state index is 11.5. The molecule has 214 valence electrons. The van der Waals surface area contributed by atoms with Crippen LogP contribution in [0.15, 0.2) is 11.6 Å². The van der Waals surface area contributed by atoms with E-state index in [1.54, 1.807) is 7.11 Å². The van der Waals surface area contributed by atoms with Crippen LogP contribution in [-0.4, -0.2) is 47.3 Å². The number of allylic oxidation sites excluding steroid dienone is 1. The number of aliphatic hydroxyl groups excluding tert-OH is 1. The predicted molar refractivity (Wildman–Crippen MR) is 151 cm³/mol. The molecular weight excluding hydrogens is 460 g/mol. The lowest BCUT2D eigenvalue weighted by molar-refractivity contribution is -0.145. The minimum Gasteiger partial charge on any atom is -0.390 e. The van der Waals surface area contributed by atoms with Crippen molar-refractivity contribution in [2.45, 2.75) is 143 Å². The highest BCUT2D eigenvalue weighted by atomic mass is 16.5. The molecule has 3 fully saturated rings. The van der Waals surface area contributed by atoms with Crippen molar-refractivity contribution in [2.75, 3.05) is 13.7 Å². The fraction of sp³-hybridized carbons (Fsp3) is 0.939. The van der Waals surface area contributed by atoms with Crippen molar-refractivity contribution in [3.8, 4) is 0 Å². The average Bonchev–Trinajstić information content (AvgIpc) is 3.16. The molecule has 2 N–H and O–H groups in total. The molecule has 0 aromatic carbocycles. The van der Waals surface area contributed by atoms with Crippen LogP contribution in [0, 0.1) is 39.9 Å². The molecule has 0 aromatic rings. The molecule has 0 spiro atoms. The summed E-state index contributed by atoms with van der Waals surface area (Å²) in [6.45, 7) is 18.7. The van der Waals surface area contributed by atoms with Crippen molar-refractivity contribution >= 4 is 0 Å². The Balaban J connectivity index is 1.50. The summed E-state index contributed by atoms with van der Waals surface area (Å²) in [5.74, 6) is 2.89. The minimum atomic E-state index is -0.552. The lowest BCUT2D eigenvalue weighted by atomic mass is 9.41. The van der Waals surface area contributed by atoms with Crippen LogP contribution in [0.25, 0.3) is 0 Å².